The summed E-state index contributed by atoms with van der Waals surface area (Å²) in [6.07, 6.45) is 6.60. The molecule has 0 aliphatic heterocycles. The Morgan fingerprint density at radius 2 is 2.35 bits per heavy atom. The molecule has 1 fully saturated rings. The number of aromatic nitrogens is 5. The molecule has 0 bridgehead atoms. The standard InChI is InChI=1S/C11H16N6/c1-7-15-16-11(17(7)9-2-3-9)10(12)4-8-5-13-6-14-8/h5-6,9-10H,2-4,12H2,1H3,(H,13,14)/t10-/m0/s1. The predicted molar refractivity (Wildman–Crippen MR) is 62.3 cm³/mol. The molecule has 0 saturated heterocycles. The molecule has 0 unspecified atom stereocenters. The molecule has 0 aromatic carbocycles. The van der Waals surface area contributed by atoms with Crippen LogP contribution in [0, 0.1) is 6.92 Å². The van der Waals surface area contributed by atoms with E-state index in [-0.39, 0.29) is 6.04 Å². The monoisotopic (exact) mass is 232 g/mol. The topological polar surface area (TPSA) is 85.4 Å². The van der Waals surface area contributed by atoms with Gasteiger partial charge in [0.1, 0.15) is 5.82 Å². The summed E-state index contributed by atoms with van der Waals surface area (Å²) >= 11 is 0. The normalized spacial score (nSPS) is 17.3. The highest BCUT2D eigenvalue weighted by Crippen LogP contribution is 2.37. The van der Waals surface area contributed by atoms with E-state index in [1.807, 2.05) is 6.92 Å². The van der Waals surface area contributed by atoms with E-state index in [1.54, 1.807) is 12.5 Å². The van der Waals surface area contributed by atoms with Crippen molar-refractivity contribution in [1.82, 2.24) is 24.7 Å². The van der Waals surface area contributed by atoms with Crippen molar-refractivity contribution in [3.8, 4) is 0 Å². The van der Waals surface area contributed by atoms with Gasteiger partial charge in [0.15, 0.2) is 5.82 Å². The third-order valence-electron chi connectivity index (χ3n) is 3.13. The number of imidazole rings is 1. The fraction of sp³-hybridized carbons (Fsp3) is 0.545. The maximum atomic E-state index is 6.19. The zero-order chi connectivity index (χ0) is 11.8. The first-order valence-electron chi connectivity index (χ1n) is 5.90. The Labute approximate surface area is 99.3 Å². The van der Waals surface area contributed by atoms with Crippen molar-refractivity contribution in [2.75, 3.05) is 0 Å². The minimum absolute atomic E-state index is 0.128. The quantitative estimate of drug-likeness (QED) is 0.819. The van der Waals surface area contributed by atoms with Gasteiger partial charge in [-0.25, -0.2) is 4.98 Å². The molecular formula is C11H16N6. The Bertz CT molecular complexity index is 496. The number of nitrogens with two attached hydrogens (primary N) is 1. The molecule has 1 aliphatic carbocycles. The highest BCUT2D eigenvalue weighted by atomic mass is 15.3. The highest BCUT2D eigenvalue weighted by molar-refractivity contribution is 5.09. The van der Waals surface area contributed by atoms with Crippen LogP contribution in [0.1, 0.15) is 42.3 Å². The van der Waals surface area contributed by atoms with Crippen molar-refractivity contribution in [2.45, 2.75) is 38.3 Å². The van der Waals surface area contributed by atoms with Crippen molar-refractivity contribution in [2.24, 2.45) is 5.73 Å². The minimum atomic E-state index is -0.128. The van der Waals surface area contributed by atoms with Crippen LogP contribution in [0.15, 0.2) is 12.5 Å². The second-order valence-corrected chi connectivity index (χ2v) is 4.59. The van der Waals surface area contributed by atoms with Gasteiger partial charge in [-0.2, -0.15) is 0 Å². The lowest BCUT2D eigenvalue weighted by atomic mass is 10.1. The molecule has 3 N–H and O–H groups in total. The number of aromatic amines is 1. The lowest BCUT2D eigenvalue weighted by Gasteiger charge is -2.12. The molecule has 1 atom stereocenters. The summed E-state index contributed by atoms with van der Waals surface area (Å²) in [5.74, 6) is 1.85. The second kappa shape index (κ2) is 3.96. The Morgan fingerprint density at radius 3 is 3.00 bits per heavy atom. The molecule has 90 valence electrons. The van der Waals surface area contributed by atoms with Crippen LogP contribution in [-0.2, 0) is 6.42 Å². The van der Waals surface area contributed by atoms with Gasteiger partial charge in [-0.3, -0.25) is 0 Å². The zero-order valence-electron chi connectivity index (χ0n) is 9.80. The summed E-state index contributed by atoms with van der Waals surface area (Å²) in [4.78, 5) is 7.05. The predicted octanol–water partition coefficient (Wildman–Crippen LogP) is 0.887. The molecule has 0 spiro atoms. The van der Waals surface area contributed by atoms with Crippen molar-refractivity contribution in [1.29, 1.82) is 0 Å². The first kappa shape index (κ1) is 10.5. The average Bonchev–Trinajstić information content (AvgIpc) is 2.86. The van der Waals surface area contributed by atoms with Crippen molar-refractivity contribution < 1.29 is 0 Å². The molecule has 2 aromatic rings. The number of nitrogens with zero attached hydrogens (tertiary/aromatic N) is 4. The molecule has 3 rings (SSSR count). The van der Waals surface area contributed by atoms with Gasteiger partial charge in [0.05, 0.1) is 12.4 Å². The SMILES string of the molecule is Cc1nnc([C@@H](N)Cc2cnc[nH]2)n1C1CC1. The van der Waals surface area contributed by atoms with Crippen LogP contribution in [0.5, 0.6) is 0 Å². The third kappa shape index (κ3) is 1.95. The Balaban J connectivity index is 1.83. The summed E-state index contributed by atoms with van der Waals surface area (Å²) in [6.45, 7) is 1.98. The number of aryl methyl sites for hydroxylation is 1. The van der Waals surface area contributed by atoms with E-state index in [9.17, 15) is 0 Å². The molecule has 6 nitrogen and oxygen atoms in total. The molecule has 0 radical (unpaired) electrons. The summed E-state index contributed by atoms with van der Waals surface area (Å²) in [6, 6.07) is 0.435. The summed E-state index contributed by atoms with van der Waals surface area (Å²) in [5, 5.41) is 8.35. The summed E-state index contributed by atoms with van der Waals surface area (Å²) in [5.41, 5.74) is 7.22. The van der Waals surface area contributed by atoms with E-state index >= 15 is 0 Å². The maximum Gasteiger partial charge on any atom is 0.150 e. The number of nitrogens with one attached hydrogen (secondary N) is 1. The van der Waals surface area contributed by atoms with E-state index in [1.165, 1.54) is 12.8 Å². The molecule has 2 heterocycles. The Hall–Kier alpha value is -1.69. The first-order chi connectivity index (χ1) is 8.25. The van der Waals surface area contributed by atoms with Crippen molar-refractivity contribution in [3.05, 3.63) is 29.9 Å². The fourth-order valence-electron chi connectivity index (χ4n) is 2.15. The van der Waals surface area contributed by atoms with Gasteiger partial charge in [-0.05, 0) is 19.8 Å². The van der Waals surface area contributed by atoms with Crippen LogP contribution >= 0.6 is 0 Å². The molecule has 1 aliphatic rings. The van der Waals surface area contributed by atoms with Crippen LogP contribution in [-0.4, -0.2) is 24.7 Å². The first-order valence-corrected chi connectivity index (χ1v) is 5.90. The van der Waals surface area contributed by atoms with Gasteiger partial charge in [0.2, 0.25) is 0 Å². The third-order valence-corrected chi connectivity index (χ3v) is 3.13. The van der Waals surface area contributed by atoms with E-state index in [2.05, 4.69) is 24.7 Å². The van der Waals surface area contributed by atoms with Gasteiger partial charge in [-0.1, -0.05) is 0 Å². The summed E-state index contributed by atoms with van der Waals surface area (Å²) < 4.78 is 2.18. The van der Waals surface area contributed by atoms with Crippen LogP contribution < -0.4 is 5.73 Å². The largest absolute Gasteiger partial charge is 0.348 e. The average molecular weight is 232 g/mol. The second-order valence-electron chi connectivity index (χ2n) is 4.59. The van der Waals surface area contributed by atoms with E-state index in [4.69, 9.17) is 5.73 Å². The minimum Gasteiger partial charge on any atom is -0.348 e. The van der Waals surface area contributed by atoms with Gasteiger partial charge in [0, 0.05) is 24.4 Å². The lowest BCUT2D eigenvalue weighted by Crippen LogP contribution is -2.19. The van der Waals surface area contributed by atoms with Crippen LogP contribution in [0.25, 0.3) is 0 Å². The van der Waals surface area contributed by atoms with Crippen LogP contribution in [0.3, 0.4) is 0 Å². The van der Waals surface area contributed by atoms with Crippen molar-refractivity contribution in [3.63, 3.8) is 0 Å². The molecule has 17 heavy (non-hydrogen) atoms. The van der Waals surface area contributed by atoms with E-state index in [0.717, 1.165) is 17.3 Å². The smallest absolute Gasteiger partial charge is 0.150 e. The van der Waals surface area contributed by atoms with Crippen molar-refractivity contribution >= 4 is 0 Å². The molecule has 0 amide bonds. The molecule has 1 saturated carbocycles. The zero-order valence-corrected chi connectivity index (χ0v) is 9.80. The highest BCUT2D eigenvalue weighted by Gasteiger charge is 2.30. The number of rotatable bonds is 4. The number of H-pyrrole nitrogens is 1. The summed E-state index contributed by atoms with van der Waals surface area (Å²) in [7, 11) is 0. The van der Waals surface area contributed by atoms with Gasteiger partial charge >= 0.3 is 0 Å². The Morgan fingerprint density at radius 1 is 1.53 bits per heavy atom. The maximum absolute atomic E-state index is 6.19. The molecular weight excluding hydrogens is 216 g/mol. The number of hydrogen-bond acceptors (Lipinski definition) is 4. The van der Waals surface area contributed by atoms with E-state index in [0.29, 0.717) is 12.5 Å². The van der Waals surface area contributed by atoms with Gasteiger partial charge < -0.3 is 15.3 Å². The molecule has 2 aromatic heterocycles. The van der Waals surface area contributed by atoms with Gasteiger partial charge in [-0.15, -0.1) is 10.2 Å². The molecule has 6 heteroatoms. The van der Waals surface area contributed by atoms with E-state index < -0.39 is 0 Å². The lowest BCUT2D eigenvalue weighted by molar-refractivity contribution is 0.580. The van der Waals surface area contributed by atoms with Crippen LogP contribution in [0.2, 0.25) is 0 Å². The van der Waals surface area contributed by atoms with Gasteiger partial charge in [0.25, 0.3) is 0 Å². The fourth-order valence-corrected chi connectivity index (χ4v) is 2.15. The Kier molecular flexibility index (Phi) is 2.44. The van der Waals surface area contributed by atoms with Crippen LogP contribution in [0.4, 0.5) is 0 Å². The number of hydrogen-bond donors (Lipinski definition) is 2.